The van der Waals surface area contributed by atoms with E-state index in [1.807, 2.05) is 31.2 Å². The molecule has 0 saturated heterocycles. The van der Waals surface area contributed by atoms with E-state index in [9.17, 15) is 9.59 Å². The third kappa shape index (κ3) is 2.03. The van der Waals surface area contributed by atoms with Crippen molar-refractivity contribution in [1.82, 2.24) is 4.98 Å². The molecule has 2 heterocycles. The summed E-state index contributed by atoms with van der Waals surface area (Å²) in [5.74, 6) is -1.11. The van der Waals surface area contributed by atoms with Gasteiger partial charge in [0.05, 0.1) is 11.3 Å². The number of aryl methyl sites for hydroxylation is 1. The Morgan fingerprint density at radius 2 is 2.05 bits per heavy atom. The predicted octanol–water partition coefficient (Wildman–Crippen LogP) is 2.54. The van der Waals surface area contributed by atoms with Crippen LogP contribution in [0.5, 0.6) is 0 Å². The predicted molar refractivity (Wildman–Crippen MR) is 80.2 cm³/mol. The first-order chi connectivity index (χ1) is 9.99. The number of nitrogens with zero attached hydrogens (tertiary/aromatic N) is 1. The van der Waals surface area contributed by atoms with Gasteiger partial charge in [0.1, 0.15) is 5.69 Å². The Bertz CT molecular complexity index is 787. The molecular formula is C16H14N2O3. The quantitative estimate of drug-likeness (QED) is 0.831. The maximum Gasteiger partial charge on any atom is 0.352 e. The Morgan fingerprint density at radius 3 is 2.71 bits per heavy atom. The van der Waals surface area contributed by atoms with Gasteiger partial charge in [0.2, 0.25) is 0 Å². The number of H-pyrrole nitrogens is 1. The smallest absolute Gasteiger partial charge is 0.352 e. The number of amides is 1. The Balaban J connectivity index is 2.12. The van der Waals surface area contributed by atoms with Gasteiger partial charge in [-0.15, -0.1) is 0 Å². The molecule has 0 unspecified atom stereocenters. The lowest BCUT2D eigenvalue weighted by atomic mass is 10.1. The van der Waals surface area contributed by atoms with Crippen LogP contribution >= 0.6 is 0 Å². The van der Waals surface area contributed by atoms with Gasteiger partial charge in [0, 0.05) is 18.3 Å². The Morgan fingerprint density at radius 1 is 1.33 bits per heavy atom. The molecule has 0 fully saturated rings. The fraction of sp³-hybridized carbons (Fsp3) is 0.125. The fourth-order valence-corrected chi connectivity index (χ4v) is 2.52. The largest absolute Gasteiger partial charge is 0.477 e. The highest BCUT2D eigenvalue weighted by Crippen LogP contribution is 2.36. The summed E-state index contributed by atoms with van der Waals surface area (Å²) < 4.78 is 0. The summed E-state index contributed by atoms with van der Waals surface area (Å²) in [5, 5.41) is 9.01. The molecule has 5 heteroatoms. The van der Waals surface area contributed by atoms with Crippen molar-refractivity contribution in [2.75, 3.05) is 11.9 Å². The summed E-state index contributed by atoms with van der Waals surface area (Å²) in [6.45, 7) is 1.81. The third-order valence-corrected chi connectivity index (χ3v) is 3.66. The molecule has 2 aromatic rings. The summed E-state index contributed by atoms with van der Waals surface area (Å²) in [7, 11) is 1.73. The van der Waals surface area contributed by atoms with Crippen molar-refractivity contribution in [1.29, 1.82) is 0 Å². The van der Waals surface area contributed by atoms with Crippen molar-refractivity contribution in [3.63, 3.8) is 0 Å². The number of fused-ring (bicyclic) bond motifs is 1. The number of likely N-dealkylation sites (N-methyl/N-ethyl adjacent to an activating group) is 1. The van der Waals surface area contributed by atoms with Crippen LogP contribution in [-0.4, -0.2) is 29.0 Å². The minimum atomic E-state index is -1.02. The fourth-order valence-electron chi connectivity index (χ4n) is 2.52. The Kier molecular flexibility index (Phi) is 2.90. The van der Waals surface area contributed by atoms with Gasteiger partial charge >= 0.3 is 5.97 Å². The van der Waals surface area contributed by atoms with Crippen molar-refractivity contribution in [2.24, 2.45) is 0 Å². The van der Waals surface area contributed by atoms with E-state index in [2.05, 4.69) is 4.98 Å². The zero-order valence-electron chi connectivity index (χ0n) is 11.7. The molecule has 1 aliphatic heterocycles. The van der Waals surface area contributed by atoms with E-state index in [0.29, 0.717) is 11.3 Å². The van der Waals surface area contributed by atoms with Crippen LogP contribution in [0, 0.1) is 6.92 Å². The van der Waals surface area contributed by atoms with Crippen molar-refractivity contribution in [2.45, 2.75) is 6.92 Å². The van der Waals surface area contributed by atoms with Crippen LogP contribution in [0.3, 0.4) is 0 Å². The van der Waals surface area contributed by atoms with Crippen LogP contribution in [0.15, 0.2) is 30.3 Å². The normalized spacial score (nSPS) is 15.6. The molecule has 3 rings (SSSR count). The van der Waals surface area contributed by atoms with Gasteiger partial charge in [-0.1, -0.05) is 18.2 Å². The summed E-state index contributed by atoms with van der Waals surface area (Å²) in [6, 6.07) is 9.10. The molecule has 0 bridgehead atoms. The van der Waals surface area contributed by atoms with Gasteiger partial charge < -0.3 is 15.0 Å². The molecular weight excluding hydrogens is 268 g/mol. The number of nitrogens with one attached hydrogen (secondary N) is 1. The van der Waals surface area contributed by atoms with Gasteiger partial charge in [0.15, 0.2) is 0 Å². The Labute approximate surface area is 121 Å². The van der Waals surface area contributed by atoms with Gasteiger partial charge in [-0.25, -0.2) is 4.79 Å². The van der Waals surface area contributed by atoms with Gasteiger partial charge in [-0.05, 0) is 30.7 Å². The number of hydrogen-bond acceptors (Lipinski definition) is 2. The van der Waals surface area contributed by atoms with Crippen LogP contribution in [-0.2, 0) is 4.79 Å². The number of carboxylic acids is 1. The first-order valence-corrected chi connectivity index (χ1v) is 6.51. The van der Waals surface area contributed by atoms with Crippen LogP contribution < -0.4 is 4.90 Å². The Hall–Kier alpha value is -2.82. The first kappa shape index (κ1) is 13.2. The second kappa shape index (κ2) is 4.63. The highest BCUT2D eigenvalue weighted by molar-refractivity contribution is 6.35. The average molecular weight is 282 g/mol. The number of para-hydroxylation sites is 1. The van der Waals surface area contributed by atoms with Gasteiger partial charge in [-0.3, -0.25) is 4.79 Å². The molecule has 0 saturated carbocycles. The second-order valence-electron chi connectivity index (χ2n) is 5.02. The molecule has 0 atom stereocenters. The van der Waals surface area contributed by atoms with Crippen molar-refractivity contribution in [3.8, 4) is 0 Å². The summed E-state index contributed by atoms with van der Waals surface area (Å²) in [6.07, 6.45) is 1.71. The number of carbonyl (C=O) groups excluding carboxylic acids is 1. The molecule has 0 radical (unpaired) electrons. The number of anilines is 1. The molecule has 0 spiro atoms. The SMILES string of the molecule is Cc1cc(C(=O)O)[nH]c1C=C1C(=O)N(C)c2ccccc21. The lowest BCUT2D eigenvalue weighted by molar-refractivity contribution is -0.112. The van der Waals surface area contributed by atoms with Crippen molar-refractivity contribution in [3.05, 3.63) is 52.8 Å². The second-order valence-corrected chi connectivity index (χ2v) is 5.02. The van der Waals surface area contributed by atoms with Crippen molar-refractivity contribution >= 4 is 29.2 Å². The van der Waals surface area contributed by atoms with Gasteiger partial charge in [0.25, 0.3) is 5.91 Å². The number of aromatic amines is 1. The standard InChI is InChI=1S/C16H14N2O3/c1-9-7-13(16(20)21)17-12(9)8-11-10-5-3-4-6-14(10)18(2)15(11)19/h3-8,17H,1-2H3,(H,20,21). The van der Waals surface area contributed by atoms with Gasteiger partial charge in [-0.2, -0.15) is 0 Å². The molecule has 106 valence electrons. The number of hydrogen-bond donors (Lipinski definition) is 2. The average Bonchev–Trinajstić information content (AvgIpc) is 2.94. The minimum Gasteiger partial charge on any atom is -0.477 e. The third-order valence-electron chi connectivity index (χ3n) is 3.66. The van der Waals surface area contributed by atoms with E-state index in [-0.39, 0.29) is 11.6 Å². The summed E-state index contributed by atoms with van der Waals surface area (Å²) in [4.78, 5) is 27.8. The monoisotopic (exact) mass is 282 g/mol. The van der Waals surface area contributed by atoms with E-state index in [0.717, 1.165) is 16.8 Å². The van der Waals surface area contributed by atoms with Crippen molar-refractivity contribution < 1.29 is 14.7 Å². The van der Waals surface area contributed by atoms with E-state index in [1.54, 1.807) is 24.1 Å². The van der Waals surface area contributed by atoms with Crippen LogP contribution in [0.4, 0.5) is 5.69 Å². The number of carboxylic acid groups (broad SMARTS) is 1. The van der Waals surface area contributed by atoms with Crippen LogP contribution in [0.25, 0.3) is 11.6 Å². The minimum absolute atomic E-state index is 0.0953. The number of aromatic carboxylic acids is 1. The molecule has 21 heavy (non-hydrogen) atoms. The number of benzene rings is 1. The molecule has 1 aromatic heterocycles. The lowest BCUT2D eigenvalue weighted by Crippen LogP contribution is -2.20. The maximum atomic E-state index is 12.3. The highest BCUT2D eigenvalue weighted by Gasteiger charge is 2.29. The molecule has 1 amide bonds. The number of aromatic nitrogens is 1. The van der Waals surface area contributed by atoms with Crippen LogP contribution in [0.2, 0.25) is 0 Å². The highest BCUT2D eigenvalue weighted by atomic mass is 16.4. The zero-order valence-corrected chi connectivity index (χ0v) is 11.7. The van der Waals surface area contributed by atoms with E-state index >= 15 is 0 Å². The number of carbonyl (C=O) groups is 2. The van der Waals surface area contributed by atoms with E-state index in [4.69, 9.17) is 5.11 Å². The molecule has 1 aromatic carbocycles. The molecule has 1 aliphatic rings. The molecule has 5 nitrogen and oxygen atoms in total. The number of rotatable bonds is 2. The lowest BCUT2D eigenvalue weighted by Gasteiger charge is -2.07. The summed E-state index contributed by atoms with van der Waals surface area (Å²) in [5.41, 5.74) is 3.83. The first-order valence-electron chi connectivity index (χ1n) is 6.51. The zero-order chi connectivity index (χ0) is 15.1. The molecule has 2 N–H and O–H groups in total. The van der Waals surface area contributed by atoms with E-state index < -0.39 is 5.97 Å². The van der Waals surface area contributed by atoms with Crippen LogP contribution in [0.1, 0.15) is 27.3 Å². The summed E-state index contributed by atoms with van der Waals surface area (Å²) >= 11 is 0. The molecule has 0 aliphatic carbocycles. The van der Waals surface area contributed by atoms with E-state index in [1.165, 1.54) is 0 Å². The maximum absolute atomic E-state index is 12.3. The topological polar surface area (TPSA) is 73.4 Å².